The lowest BCUT2D eigenvalue weighted by atomic mass is 9.91. The number of hydrogen-bond donors (Lipinski definition) is 3. The third-order valence-electron chi connectivity index (χ3n) is 2.21. The van der Waals surface area contributed by atoms with Gasteiger partial charge in [0, 0.05) is 10.8 Å². The first-order valence-electron chi connectivity index (χ1n) is 5.58. The molecule has 1 rings (SSSR count). The number of nitrogens with zero attached hydrogens (tertiary/aromatic N) is 2. The number of aliphatic carboxylic acids is 2. The topological polar surface area (TPSA) is 135 Å². The maximum absolute atomic E-state index is 11.1. The van der Waals surface area contributed by atoms with E-state index in [1.807, 2.05) is 0 Å². The van der Waals surface area contributed by atoms with E-state index in [1.54, 1.807) is 13.8 Å². The lowest BCUT2D eigenvalue weighted by molar-refractivity contribution is -0.140. The molecule has 8 nitrogen and oxygen atoms in total. The van der Waals surface area contributed by atoms with Gasteiger partial charge in [-0.05, 0) is 0 Å². The monoisotopic (exact) mass is 301 g/mol. The molecule has 9 heteroatoms. The highest BCUT2D eigenvalue weighted by atomic mass is 32.1. The van der Waals surface area contributed by atoms with Gasteiger partial charge in [-0.2, -0.15) is 0 Å². The number of carboxylic acids is 2. The maximum Gasteiger partial charge on any atom is 0.360 e. The normalized spacial score (nSPS) is 12.2. The molecule has 0 aliphatic heterocycles. The Labute approximate surface area is 118 Å². The van der Waals surface area contributed by atoms with Crippen molar-refractivity contribution in [3.63, 3.8) is 0 Å². The second kappa shape index (κ2) is 6.33. The van der Waals surface area contributed by atoms with Crippen molar-refractivity contribution in [3.05, 3.63) is 11.1 Å². The summed E-state index contributed by atoms with van der Waals surface area (Å²) in [5.41, 5.74) is 4.49. The van der Waals surface area contributed by atoms with Gasteiger partial charge in [0.2, 0.25) is 5.71 Å². The minimum Gasteiger partial charge on any atom is -0.481 e. The molecule has 4 N–H and O–H groups in total. The van der Waals surface area contributed by atoms with Crippen LogP contribution in [0.3, 0.4) is 0 Å². The highest BCUT2D eigenvalue weighted by Gasteiger charge is 2.24. The predicted molar refractivity (Wildman–Crippen MR) is 72.7 cm³/mol. The number of nitrogens with two attached hydrogens (primary N) is 1. The summed E-state index contributed by atoms with van der Waals surface area (Å²) in [6.45, 7) is 3.32. The number of carboxylic acid groups (broad SMARTS) is 2. The van der Waals surface area contributed by atoms with E-state index in [9.17, 15) is 9.59 Å². The Morgan fingerprint density at radius 2 is 2.15 bits per heavy atom. The SMILES string of the molecule is CC(C)(CO/N=C(/C(=O)O)c1csc(N)n1)CC(=O)O. The Kier molecular flexibility index (Phi) is 5.03. The van der Waals surface area contributed by atoms with E-state index in [1.165, 1.54) is 5.38 Å². The van der Waals surface area contributed by atoms with Crippen molar-refractivity contribution in [2.45, 2.75) is 20.3 Å². The van der Waals surface area contributed by atoms with Crippen LogP contribution >= 0.6 is 11.3 Å². The van der Waals surface area contributed by atoms with Crippen LogP contribution in [0.1, 0.15) is 26.0 Å². The molecule has 110 valence electrons. The van der Waals surface area contributed by atoms with Gasteiger partial charge in [-0.1, -0.05) is 19.0 Å². The Morgan fingerprint density at radius 1 is 1.50 bits per heavy atom. The third-order valence-corrected chi connectivity index (χ3v) is 2.88. The quantitative estimate of drug-likeness (QED) is 0.505. The van der Waals surface area contributed by atoms with Gasteiger partial charge >= 0.3 is 11.9 Å². The lowest BCUT2D eigenvalue weighted by Gasteiger charge is -2.20. The van der Waals surface area contributed by atoms with Crippen LogP contribution in [0, 0.1) is 5.41 Å². The minimum absolute atomic E-state index is 0.0320. The van der Waals surface area contributed by atoms with Crippen LogP contribution in [0.5, 0.6) is 0 Å². The van der Waals surface area contributed by atoms with Crippen LogP contribution < -0.4 is 5.73 Å². The van der Waals surface area contributed by atoms with Crippen LogP contribution in [0.4, 0.5) is 5.13 Å². The second-order valence-electron chi connectivity index (χ2n) is 4.82. The second-order valence-corrected chi connectivity index (χ2v) is 5.71. The summed E-state index contributed by atoms with van der Waals surface area (Å²) in [4.78, 5) is 30.5. The van der Waals surface area contributed by atoms with Crippen LogP contribution in [0.15, 0.2) is 10.5 Å². The molecule has 0 amide bonds. The highest BCUT2D eigenvalue weighted by Crippen LogP contribution is 2.21. The predicted octanol–water partition coefficient (Wildman–Crippen LogP) is 1.03. The van der Waals surface area contributed by atoms with E-state index in [2.05, 4.69) is 10.1 Å². The number of oxime groups is 1. The first kappa shape index (κ1) is 15.9. The molecule has 0 aliphatic carbocycles. The molecular weight excluding hydrogens is 286 g/mol. The molecule has 0 aliphatic rings. The van der Waals surface area contributed by atoms with Gasteiger partial charge in [-0.25, -0.2) is 9.78 Å². The maximum atomic E-state index is 11.1. The Morgan fingerprint density at radius 3 is 2.60 bits per heavy atom. The Hall–Kier alpha value is -2.16. The van der Waals surface area contributed by atoms with Crippen LogP contribution in [-0.2, 0) is 14.4 Å². The van der Waals surface area contributed by atoms with Gasteiger partial charge in [0.05, 0.1) is 6.42 Å². The molecule has 20 heavy (non-hydrogen) atoms. The van der Waals surface area contributed by atoms with Crippen molar-refractivity contribution < 1.29 is 24.6 Å². The molecule has 0 bridgehead atoms. The third kappa shape index (κ3) is 4.84. The van der Waals surface area contributed by atoms with Gasteiger partial charge in [0.25, 0.3) is 0 Å². The summed E-state index contributed by atoms with van der Waals surface area (Å²) in [5.74, 6) is -2.26. The Balaban J connectivity index is 2.75. The van der Waals surface area contributed by atoms with E-state index >= 15 is 0 Å². The van der Waals surface area contributed by atoms with E-state index in [-0.39, 0.29) is 29.6 Å². The van der Waals surface area contributed by atoms with Gasteiger partial charge in [0.1, 0.15) is 12.3 Å². The van der Waals surface area contributed by atoms with Crippen molar-refractivity contribution >= 4 is 34.1 Å². The van der Waals surface area contributed by atoms with Gasteiger partial charge < -0.3 is 20.8 Å². The van der Waals surface area contributed by atoms with Crippen molar-refractivity contribution in [1.29, 1.82) is 0 Å². The smallest absolute Gasteiger partial charge is 0.360 e. The van der Waals surface area contributed by atoms with E-state index in [0.717, 1.165) is 11.3 Å². The molecule has 0 atom stereocenters. The van der Waals surface area contributed by atoms with Crippen molar-refractivity contribution in [2.75, 3.05) is 12.3 Å². The molecule has 0 aromatic carbocycles. The molecule has 1 aromatic heterocycles. The molecule has 1 aromatic rings. The van der Waals surface area contributed by atoms with Gasteiger partial charge in [-0.3, -0.25) is 4.79 Å². The van der Waals surface area contributed by atoms with E-state index in [0.29, 0.717) is 0 Å². The average Bonchev–Trinajstić information content (AvgIpc) is 2.68. The first-order valence-corrected chi connectivity index (χ1v) is 6.46. The van der Waals surface area contributed by atoms with Crippen LogP contribution in [-0.4, -0.2) is 39.5 Å². The summed E-state index contributed by atoms with van der Waals surface area (Å²) in [6, 6.07) is 0. The molecule has 0 spiro atoms. The van der Waals surface area contributed by atoms with Crippen LogP contribution in [0.25, 0.3) is 0 Å². The molecule has 0 radical (unpaired) electrons. The fourth-order valence-corrected chi connectivity index (χ4v) is 1.87. The number of aromatic nitrogens is 1. The molecular formula is C11H15N3O5S. The molecule has 0 saturated heterocycles. The summed E-state index contributed by atoms with van der Waals surface area (Å²) >= 11 is 1.09. The molecule has 0 fully saturated rings. The zero-order valence-electron chi connectivity index (χ0n) is 11.0. The number of rotatable bonds is 7. The summed E-state index contributed by atoms with van der Waals surface area (Å²) in [6.07, 6.45) is -0.116. The van der Waals surface area contributed by atoms with Crippen molar-refractivity contribution in [2.24, 2.45) is 10.6 Å². The molecule has 0 saturated carbocycles. The Bertz CT molecular complexity index is 538. The van der Waals surface area contributed by atoms with Crippen molar-refractivity contribution in [3.8, 4) is 0 Å². The standard InChI is InChI=1S/C11H15N3O5S/c1-11(2,3-7(15)16)5-19-14-8(9(17)18)6-4-20-10(12)13-6/h4H,3,5H2,1-2H3,(H2,12,13)(H,15,16)(H,17,18)/b14-8+. The highest BCUT2D eigenvalue weighted by molar-refractivity contribution is 7.13. The van der Waals surface area contributed by atoms with Gasteiger partial charge in [0.15, 0.2) is 5.13 Å². The summed E-state index contributed by atoms with van der Waals surface area (Å²) < 4.78 is 0. The fourth-order valence-electron chi connectivity index (χ4n) is 1.32. The fraction of sp³-hybridized carbons (Fsp3) is 0.455. The number of hydrogen-bond acceptors (Lipinski definition) is 7. The van der Waals surface area contributed by atoms with Crippen LogP contribution in [0.2, 0.25) is 0 Å². The van der Waals surface area contributed by atoms with Crippen molar-refractivity contribution in [1.82, 2.24) is 4.98 Å². The van der Waals surface area contributed by atoms with E-state index in [4.69, 9.17) is 20.8 Å². The number of carbonyl (C=O) groups is 2. The lowest BCUT2D eigenvalue weighted by Crippen LogP contribution is -2.23. The zero-order chi connectivity index (χ0) is 15.3. The minimum atomic E-state index is -1.30. The largest absolute Gasteiger partial charge is 0.481 e. The summed E-state index contributed by atoms with van der Waals surface area (Å²) in [7, 11) is 0. The molecule has 0 unspecified atom stereocenters. The zero-order valence-corrected chi connectivity index (χ0v) is 11.8. The first-order chi connectivity index (χ1) is 9.21. The van der Waals surface area contributed by atoms with E-state index < -0.39 is 17.4 Å². The van der Waals surface area contributed by atoms with Gasteiger partial charge in [-0.15, -0.1) is 11.3 Å². The number of thiazole rings is 1. The average molecular weight is 301 g/mol. The number of anilines is 1. The molecule has 1 heterocycles. The number of nitrogen functional groups attached to an aromatic ring is 1. The summed E-state index contributed by atoms with van der Waals surface area (Å²) in [5, 5.41) is 22.9.